The zero-order valence-corrected chi connectivity index (χ0v) is 15.6. The van der Waals surface area contributed by atoms with E-state index in [1.165, 1.54) is 0 Å². The highest BCUT2D eigenvalue weighted by Crippen LogP contribution is 2.32. The molecular weight excluding hydrogens is 370 g/mol. The molecule has 0 saturated carbocycles. The summed E-state index contributed by atoms with van der Waals surface area (Å²) in [5.74, 6) is 0.0594. The number of urea groups is 1. The van der Waals surface area contributed by atoms with Crippen molar-refractivity contribution in [2.24, 2.45) is 0 Å². The largest absolute Gasteiger partial charge is 0.458 e. The van der Waals surface area contributed by atoms with Gasteiger partial charge in [0.1, 0.15) is 17.4 Å². The number of amides is 3. The SMILES string of the molecule is CC1=C(C(=O)Nc2ccc(N)c(C=N)c2)C(c2cc3ccccc3o2)NC(=O)N1. The number of allylic oxidation sites excluding steroid dienone is 1. The van der Waals surface area contributed by atoms with Crippen molar-refractivity contribution in [3.8, 4) is 0 Å². The first-order valence-corrected chi connectivity index (χ1v) is 8.94. The minimum absolute atomic E-state index is 0.330. The summed E-state index contributed by atoms with van der Waals surface area (Å²) in [7, 11) is 0. The highest BCUT2D eigenvalue weighted by molar-refractivity contribution is 6.07. The number of nitrogens with one attached hydrogen (secondary N) is 4. The number of fused-ring (bicyclic) bond motifs is 1. The monoisotopic (exact) mass is 389 g/mol. The van der Waals surface area contributed by atoms with Crippen LogP contribution < -0.4 is 21.7 Å². The minimum atomic E-state index is -0.743. The van der Waals surface area contributed by atoms with Gasteiger partial charge in [0, 0.05) is 34.2 Å². The quantitative estimate of drug-likeness (QED) is 0.346. The first-order chi connectivity index (χ1) is 14.0. The molecule has 3 amide bonds. The molecule has 29 heavy (non-hydrogen) atoms. The average molecular weight is 389 g/mol. The van der Waals surface area contributed by atoms with E-state index in [1.54, 1.807) is 25.1 Å². The van der Waals surface area contributed by atoms with Gasteiger partial charge in [-0.3, -0.25) is 4.79 Å². The molecule has 0 fully saturated rings. The molecule has 2 heterocycles. The van der Waals surface area contributed by atoms with Crippen molar-refractivity contribution < 1.29 is 14.0 Å². The van der Waals surface area contributed by atoms with Gasteiger partial charge in [-0.1, -0.05) is 18.2 Å². The molecule has 8 heteroatoms. The molecule has 8 nitrogen and oxygen atoms in total. The molecule has 0 aliphatic carbocycles. The number of para-hydroxylation sites is 1. The smallest absolute Gasteiger partial charge is 0.319 e. The van der Waals surface area contributed by atoms with Crippen LogP contribution in [0.1, 0.15) is 24.3 Å². The van der Waals surface area contributed by atoms with Crippen molar-refractivity contribution in [2.45, 2.75) is 13.0 Å². The van der Waals surface area contributed by atoms with E-state index < -0.39 is 18.0 Å². The molecule has 1 aliphatic heterocycles. The van der Waals surface area contributed by atoms with Crippen molar-refractivity contribution in [3.63, 3.8) is 0 Å². The van der Waals surface area contributed by atoms with Crippen LogP contribution in [0.3, 0.4) is 0 Å². The number of benzene rings is 2. The Morgan fingerprint density at radius 1 is 1.24 bits per heavy atom. The maximum absolute atomic E-state index is 13.1. The van der Waals surface area contributed by atoms with E-state index in [-0.39, 0.29) is 0 Å². The van der Waals surface area contributed by atoms with Crippen LogP contribution in [0, 0.1) is 5.41 Å². The van der Waals surface area contributed by atoms with Gasteiger partial charge in [-0.05, 0) is 37.3 Å². The zero-order chi connectivity index (χ0) is 20.5. The van der Waals surface area contributed by atoms with Crippen molar-refractivity contribution in [1.29, 1.82) is 5.41 Å². The second-order valence-electron chi connectivity index (χ2n) is 6.70. The summed E-state index contributed by atoms with van der Waals surface area (Å²) in [5, 5.41) is 16.5. The number of hydrogen-bond donors (Lipinski definition) is 5. The second-order valence-corrected chi connectivity index (χ2v) is 6.70. The van der Waals surface area contributed by atoms with Crippen LogP contribution in [0.25, 0.3) is 11.0 Å². The molecular formula is C21H19N5O3. The summed E-state index contributed by atoms with van der Waals surface area (Å²) in [6, 6.07) is 13.0. The fourth-order valence-corrected chi connectivity index (χ4v) is 3.33. The highest BCUT2D eigenvalue weighted by Gasteiger charge is 2.33. The lowest BCUT2D eigenvalue weighted by molar-refractivity contribution is -0.113. The summed E-state index contributed by atoms with van der Waals surface area (Å²) in [4.78, 5) is 25.1. The molecule has 6 N–H and O–H groups in total. The number of rotatable bonds is 4. The van der Waals surface area contributed by atoms with E-state index in [1.807, 2.05) is 30.3 Å². The third kappa shape index (κ3) is 3.43. The Balaban J connectivity index is 1.70. The molecule has 146 valence electrons. The van der Waals surface area contributed by atoms with Gasteiger partial charge in [0.05, 0.1) is 5.57 Å². The van der Waals surface area contributed by atoms with Gasteiger partial charge in [-0.25, -0.2) is 4.79 Å². The van der Waals surface area contributed by atoms with Gasteiger partial charge < -0.3 is 31.5 Å². The molecule has 1 atom stereocenters. The van der Waals surface area contributed by atoms with Gasteiger partial charge in [-0.2, -0.15) is 0 Å². The van der Waals surface area contributed by atoms with E-state index >= 15 is 0 Å². The van der Waals surface area contributed by atoms with Crippen molar-refractivity contribution in [1.82, 2.24) is 10.6 Å². The summed E-state index contributed by atoms with van der Waals surface area (Å²) in [6.45, 7) is 1.66. The molecule has 0 saturated heterocycles. The predicted octanol–water partition coefficient (Wildman–Crippen LogP) is 3.28. The topological polar surface area (TPSA) is 133 Å². The van der Waals surface area contributed by atoms with Crippen LogP contribution in [-0.2, 0) is 4.79 Å². The molecule has 0 bridgehead atoms. The fourth-order valence-electron chi connectivity index (χ4n) is 3.33. The average Bonchev–Trinajstić information content (AvgIpc) is 3.13. The molecule has 0 radical (unpaired) electrons. The number of furan rings is 1. The van der Waals surface area contributed by atoms with Crippen LogP contribution in [0.15, 0.2) is 64.2 Å². The van der Waals surface area contributed by atoms with Gasteiger partial charge in [0.15, 0.2) is 0 Å². The molecule has 0 spiro atoms. The Bertz CT molecular complexity index is 1150. The van der Waals surface area contributed by atoms with Crippen LogP contribution in [0.2, 0.25) is 0 Å². The number of carbonyl (C=O) groups is 2. The van der Waals surface area contributed by atoms with E-state index in [2.05, 4.69) is 16.0 Å². The Hall–Kier alpha value is -4.07. The molecule has 1 unspecified atom stereocenters. The standard InChI is InChI=1S/C21H19N5O3/c1-11-18(20(27)25-14-6-7-15(23)13(8-14)10-22)19(26-21(28)24-11)17-9-12-4-2-3-5-16(12)29-17/h2-10,19,22H,23H2,1H3,(H,25,27)(H2,24,26,28). The number of hydrogen-bond acceptors (Lipinski definition) is 5. The number of nitrogens with two attached hydrogens (primary N) is 1. The van der Waals surface area contributed by atoms with Gasteiger partial charge in [0.25, 0.3) is 5.91 Å². The van der Waals surface area contributed by atoms with Crippen LogP contribution in [0.5, 0.6) is 0 Å². The van der Waals surface area contributed by atoms with Gasteiger partial charge in [-0.15, -0.1) is 0 Å². The third-order valence-corrected chi connectivity index (χ3v) is 4.74. The van der Waals surface area contributed by atoms with E-state index in [0.717, 1.165) is 11.6 Å². The number of nitrogen functional groups attached to an aromatic ring is 1. The van der Waals surface area contributed by atoms with Crippen molar-refractivity contribution >= 4 is 40.5 Å². The van der Waals surface area contributed by atoms with E-state index in [4.69, 9.17) is 15.6 Å². The summed E-state index contributed by atoms with van der Waals surface area (Å²) in [6.07, 6.45) is 1.12. The van der Waals surface area contributed by atoms with Crippen molar-refractivity contribution in [2.75, 3.05) is 11.1 Å². The Morgan fingerprint density at radius 3 is 2.79 bits per heavy atom. The molecule has 3 aromatic rings. The van der Waals surface area contributed by atoms with Gasteiger partial charge in [0.2, 0.25) is 0 Å². The lowest BCUT2D eigenvalue weighted by Crippen LogP contribution is -2.45. The molecule has 4 rings (SSSR count). The van der Waals surface area contributed by atoms with Gasteiger partial charge >= 0.3 is 6.03 Å². The van der Waals surface area contributed by atoms with Crippen molar-refractivity contribution in [3.05, 3.63) is 71.1 Å². The van der Waals surface area contributed by atoms with Crippen LogP contribution in [0.4, 0.5) is 16.2 Å². The minimum Gasteiger partial charge on any atom is -0.458 e. The second kappa shape index (κ2) is 7.16. The number of anilines is 2. The Labute approximate surface area is 166 Å². The highest BCUT2D eigenvalue weighted by atomic mass is 16.3. The first kappa shape index (κ1) is 18.3. The fraction of sp³-hybridized carbons (Fsp3) is 0.0952. The lowest BCUT2D eigenvalue weighted by Gasteiger charge is -2.27. The maximum Gasteiger partial charge on any atom is 0.319 e. The third-order valence-electron chi connectivity index (χ3n) is 4.74. The molecule has 2 aromatic carbocycles. The Kier molecular flexibility index (Phi) is 4.52. The van der Waals surface area contributed by atoms with E-state index in [9.17, 15) is 9.59 Å². The molecule has 1 aliphatic rings. The number of carbonyl (C=O) groups excluding carboxylic acids is 2. The predicted molar refractivity (Wildman–Crippen MR) is 111 cm³/mol. The lowest BCUT2D eigenvalue weighted by atomic mass is 9.99. The Morgan fingerprint density at radius 2 is 2.03 bits per heavy atom. The maximum atomic E-state index is 13.1. The molecule has 1 aromatic heterocycles. The normalized spacial score (nSPS) is 16.3. The first-order valence-electron chi connectivity index (χ1n) is 8.94. The van der Waals surface area contributed by atoms with Crippen LogP contribution in [-0.4, -0.2) is 18.2 Å². The summed E-state index contributed by atoms with van der Waals surface area (Å²) >= 11 is 0. The zero-order valence-electron chi connectivity index (χ0n) is 15.6. The van der Waals surface area contributed by atoms with E-state index in [0.29, 0.717) is 39.6 Å². The summed E-state index contributed by atoms with van der Waals surface area (Å²) < 4.78 is 5.88. The van der Waals surface area contributed by atoms with Crippen LogP contribution >= 0.6 is 0 Å². The summed E-state index contributed by atoms with van der Waals surface area (Å²) in [5.41, 5.74) is 8.66.